The van der Waals surface area contributed by atoms with Gasteiger partial charge in [0, 0.05) is 0 Å². The Hall–Kier alpha value is -2.71. The van der Waals surface area contributed by atoms with Gasteiger partial charge in [-0.25, -0.2) is 14.8 Å². The lowest BCUT2D eigenvalue weighted by atomic mass is 10.3. The van der Waals surface area contributed by atoms with E-state index in [1.807, 2.05) is 0 Å². The second-order valence-electron chi connectivity index (χ2n) is 3.84. The molecule has 0 aliphatic rings. The molecule has 0 aliphatic carbocycles. The Labute approximate surface area is 117 Å². The van der Waals surface area contributed by atoms with Crippen LogP contribution in [0.3, 0.4) is 0 Å². The molecule has 110 valence electrons. The first kappa shape index (κ1) is 14.7. The minimum absolute atomic E-state index is 0.0256. The standard InChI is InChI=1S/C12H9F3N4O2/c1-21-11(20)8-5-16-6-10(19-8)18-7-2-3-9(17-4-7)12(13,14)15/h2-6H,1H3,(H,18,19). The Balaban J connectivity index is 2.17. The van der Waals surface area contributed by atoms with Gasteiger partial charge in [-0.1, -0.05) is 0 Å². The molecule has 1 N–H and O–H groups in total. The largest absolute Gasteiger partial charge is 0.464 e. The van der Waals surface area contributed by atoms with Crippen LogP contribution in [-0.4, -0.2) is 28.0 Å². The van der Waals surface area contributed by atoms with E-state index in [2.05, 4.69) is 25.0 Å². The quantitative estimate of drug-likeness (QED) is 0.877. The molecule has 2 heterocycles. The number of hydrogen-bond acceptors (Lipinski definition) is 6. The number of nitrogens with zero attached hydrogens (tertiary/aromatic N) is 3. The van der Waals surface area contributed by atoms with E-state index in [1.165, 1.54) is 25.6 Å². The summed E-state index contributed by atoms with van der Waals surface area (Å²) in [6.45, 7) is 0. The molecule has 0 atom stereocenters. The van der Waals surface area contributed by atoms with Crippen molar-refractivity contribution in [3.05, 3.63) is 42.1 Å². The monoisotopic (exact) mass is 298 g/mol. The highest BCUT2D eigenvalue weighted by atomic mass is 19.4. The summed E-state index contributed by atoms with van der Waals surface area (Å²) in [5, 5.41) is 2.69. The van der Waals surface area contributed by atoms with Crippen molar-refractivity contribution in [3.8, 4) is 0 Å². The number of rotatable bonds is 3. The number of aromatic nitrogens is 3. The fourth-order valence-electron chi connectivity index (χ4n) is 1.41. The number of carbonyl (C=O) groups is 1. The van der Waals surface area contributed by atoms with Gasteiger partial charge < -0.3 is 10.1 Å². The lowest BCUT2D eigenvalue weighted by Gasteiger charge is -2.08. The first-order valence-corrected chi connectivity index (χ1v) is 5.61. The van der Waals surface area contributed by atoms with E-state index in [4.69, 9.17) is 0 Å². The highest BCUT2D eigenvalue weighted by molar-refractivity contribution is 5.87. The summed E-state index contributed by atoms with van der Waals surface area (Å²) in [5.41, 5.74) is -0.746. The zero-order valence-electron chi connectivity index (χ0n) is 10.7. The van der Waals surface area contributed by atoms with Gasteiger partial charge >= 0.3 is 12.1 Å². The normalized spacial score (nSPS) is 11.0. The fraction of sp³-hybridized carbons (Fsp3) is 0.167. The maximum Gasteiger partial charge on any atom is 0.433 e. The van der Waals surface area contributed by atoms with Gasteiger partial charge in [0.15, 0.2) is 5.69 Å². The summed E-state index contributed by atoms with van der Waals surface area (Å²) in [5.74, 6) is -0.490. The third kappa shape index (κ3) is 3.65. The number of alkyl halides is 3. The molecule has 2 aromatic rings. The van der Waals surface area contributed by atoms with Crippen LogP contribution in [0.1, 0.15) is 16.2 Å². The van der Waals surface area contributed by atoms with Crippen molar-refractivity contribution in [1.29, 1.82) is 0 Å². The predicted molar refractivity (Wildman–Crippen MR) is 65.9 cm³/mol. The molecule has 0 unspecified atom stereocenters. The van der Waals surface area contributed by atoms with E-state index in [1.54, 1.807) is 0 Å². The van der Waals surface area contributed by atoms with Gasteiger partial charge in [0.25, 0.3) is 0 Å². The van der Waals surface area contributed by atoms with Gasteiger partial charge in [0.1, 0.15) is 11.5 Å². The van der Waals surface area contributed by atoms with Gasteiger partial charge in [0.05, 0.1) is 31.4 Å². The molecule has 0 spiro atoms. The number of carbonyl (C=O) groups excluding carboxylic acids is 1. The van der Waals surface area contributed by atoms with Gasteiger partial charge in [-0.05, 0) is 12.1 Å². The van der Waals surface area contributed by atoms with Crippen molar-refractivity contribution in [1.82, 2.24) is 15.0 Å². The summed E-state index contributed by atoms with van der Waals surface area (Å²) in [6.07, 6.45) is -0.968. The molecule has 6 nitrogen and oxygen atoms in total. The second kappa shape index (κ2) is 5.73. The molecule has 0 aliphatic heterocycles. The van der Waals surface area contributed by atoms with Crippen molar-refractivity contribution in [2.24, 2.45) is 0 Å². The van der Waals surface area contributed by atoms with E-state index < -0.39 is 17.8 Å². The van der Waals surface area contributed by atoms with E-state index in [9.17, 15) is 18.0 Å². The lowest BCUT2D eigenvalue weighted by Crippen LogP contribution is -2.08. The highest BCUT2D eigenvalue weighted by Gasteiger charge is 2.32. The predicted octanol–water partition coefficient (Wildman–Crippen LogP) is 2.42. The molecule has 0 saturated heterocycles. The summed E-state index contributed by atoms with van der Waals surface area (Å²) < 4.78 is 41.6. The number of anilines is 2. The SMILES string of the molecule is COC(=O)c1cncc(Nc2ccc(C(F)(F)F)nc2)n1. The maximum absolute atomic E-state index is 12.4. The van der Waals surface area contributed by atoms with Crippen molar-refractivity contribution < 1.29 is 22.7 Å². The van der Waals surface area contributed by atoms with Crippen LogP contribution in [0.15, 0.2) is 30.7 Å². The van der Waals surface area contributed by atoms with Crippen molar-refractivity contribution in [2.45, 2.75) is 6.18 Å². The van der Waals surface area contributed by atoms with E-state index >= 15 is 0 Å². The number of nitrogens with one attached hydrogen (secondary N) is 1. The van der Waals surface area contributed by atoms with E-state index in [0.717, 1.165) is 12.3 Å². The number of hydrogen-bond donors (Lipinski definition) is 1. The Kier molecular flexibility index (Phi) is 4.01. The smallest absolute Gasteiger partial charge is 0.433 e. The summed E-state index contributed by atoms with van der Waals surface area (Å²) in [7, 11) is 1.20. The highest BCUT2D eigenvalue weighted by Crippen LogP contribution is 2.28. The molecular formula is C12H9F3N4O2. The number of methoxy groups -OCH3 is 1. The lowest BCUT2D eigenvalue weighted by molar-refractivity contribution is -0.141. The summed E-state index contributed by atoms with van der Waals surface area (Å²) in [6, 6.07) is 2.03. The van der Waals surface area contributed by atoms with Gasteiger partial charge in [-0.2, -0.15) is 13.2 Å². The average molecular weight is 298 g/mol. The molecule has 0 bridgehead atoms. The Morgan fingerprint density at radius 3 is 2.57 bits per heavy atom. The molecule has 2 rings (SSSR count). The summed E-state index contributed by atoms with van der Waals surface area (Å²) >= 11 is 0. The number of pyridine rings is 1. The number of halogens is 3. The molecule has 0 saturated carbocycles. The molecule has 9 heteroatoms. The number of esters is 1. The van der Waals surface area contributed by atoms with Gasteiger partial charge in [-0.15, -0.1) is 0 Å². The molecule has 0 amide bonds. The maximum atomic E-state index is 12.4. The Morgan fingerprint density at radius 2 is 2.00 bits per heavy atom. The second-order valence-corrected chi connectivity index (χ2v) is 3.84. The number of ether oxygens (including phenoxy) is 1. The molecule has 0 aromatic carbocycles. The minimum Gasteiger partial charge on any atom is -0.464 e. The summed E-state index contributed by atoms with van der Waals surface area (Å²) in [4.78, 5) is 22.3. The molecule has 0 fully saturated rings. The molecule has 2 aromatic heterocycles. The third-order valence-electron chi connectivity index (χ3n) is 2.36. The molecule has 0 radical (unpaired) electrons. The average Bonchev–Trinajstić information content (AvgIpc) is 2.46. The fourth-order valence-corrected chi connectivity index (χ4v) is 1.41. The Bertz CT molecular complexity index is 644. The zero-order valence-corrected chi connectivity index (χ0v) is 10.7. The molecular weight excluding hydrogens is 289 g/mol. The van der Waals surface area contributed by atoms with E-state index in [-0.39, 0.29) is 17.2 Å². The van der Waals surface area contributed by atoms with Crippen LogP contribution >= 0.6 is 0 Å². The van der Waals surface area contributed by atoms with Crippen LogP contribution in [0, 0.1) is 0 Å². The Morgan fingerprint density at radius 1 is 1.24 bits per heavy atom. The van der Waals surface area contributed by atoms with Crippen molar-refractivity contribution in [3.63, 3.8) is 0 Å². The molecule has 21 heavy (non-hydrogen) atoms. The van der Waals surface area contributed by atoms with Gasteiger partial charge in [0.2, 0.25) is 0 Å². The van der Waals surface area contributed by atoms with Crippen LogP contribution in [0.2, 0.25) is 0 Å². The van der Waals surface area contributed by atoms with Crippen LogP contribution in [0.4, 0.5) is 24.7 Å². The van der Waals surface area contributed by atoms with Gasteiger partial charge in [-0.3, -0.25) is 4.98 Å². The van der Waals surface area contributed by atoms with E-state index in [0.29, 0.717) is 0 Å². The van der Waals surface area contributed by atoms with Crippen LogP contribution in [0.25, 0.3) is 0 Å². The first-order chi connectivity index (χ1) is 9.90. The topological polar surface area (TPSA) is 77.0 Å². The van der Waals surface area contributed by atoms with Crippen LogP contribution in [0.5, 0.6) is 0 Å². The third-order valence-corrected chi connectivity index (χ3v) is 2.36. The van der Waals surface area contributed by atoms with Crippen LogP contribution < -0.4 is 5.32 Å². The van der Waals surface area contributed by atoms with Crippen LogP contribution in [-0.2, 0) is 10.9 Å². The zero-order chi connectivity index (χ0) is 15.5. The first-order valence-electron chi connectivity index (χ1n) is 5.61. The van der Waals surface area contributed by atoms with Crippen molar-refractivity contribution in [2.75, 3.05) is 12.4 Å². The minimum atomic E-state index is -4.50. The van der Waals surface area contributed by atoms with Crippen molar-refractivity contribution >= 4 is 17.5 Å².